The van der Waals surface area contributed by atoms with Gasteiger partial charge in [0.05, 0.1) is 19.2 Å². The molecule has 0 radical (unpaired) electrons. The van der Waals surface area contributed by atoms with Gasteiger partial charge in [0.15, 0.2) is 5.84 Å². The van der Waals surface area contributed by atoms with Crippen molar-refractivity contribution in [3.63, 3.8) is 0 Å². The molecule has 204 valence electrons. The van der Waals surface area contributed by atoms with E-state index in [4.69, 9.17) is 38.7 Å². The van der Waals surface area contributed by atoms with Crippen LogP contribution in [-0.2, 0) is 4.79 Å². The van der Waals surface area contributed by atoms with Crippen molar-refractivity contribution in [1.82, 2.24) is 14.7 Å². The molecule has 2 aliphatic rings. The lowest BCUT2D eigenvalue weighted by molar-refractivity contribution is -0.119. The number of primary amides is 1. The number of carbonyl (C=O) groups excluding carboxylic acids is 2. The summed E-state index contributed by atoms with van der Waals surface area (Å²) >= 11 is 13.9. The van der Waals surface area contributed by atoms with E-state index in [2.05, 4.69) is 0 Å². The molecule has 1 fully saturated rings. The molecule has 2 aliphatic heterocycles. The van der Waals surface area contributed by atoms with Gasteiger partial charge in [-0.2, -0.15) is 0 Å². The van der Waals surface area contributed by atoms with Gasteiger partial charge in [0.2, 0.25) is 5.91 Å². The van der Waals surface area contributed by atoms with Crippen LogP contribution in [0.1, 0.15) is 35.0 Å². The second-order valence-corrected chi connectivity index (χ2v) is 11.2. The number of ether oxygens (including phenoxy) is 1. The molecule has 3 heterocycles. The Morgan fingerprint density at radius 2 is 1.59 bits per heavy atom. The van der Waals surface area contributed by atoms with Crippen LogP contribution in [0.3, 0.4) is 0 Å². The van der Waals surface area contributed by atoms with Crippen molar-refractivity contribution in [2.45, 2.75) is 19.0 Å². The number of halogens is 2. The van der Waals surface area contributed by atoms with E-state index >= 15 is 0 Å². The second kappa shape index (κ2) is 12.0. The van der Waals surface area contributed by atoms with Crippen molar-refractivity contribution >= 4 is 52.3 Å². The first-order valence-electron chi connectivity index (χ1n) is 12.7. The van der Waals surface area contributed by atoms with E-state index in [0.717, 1.165) is 16.0 Å². The molecular formula is C28H29Cl2N5O3S. The Bertz CT molecular complexity index is 1350. The van der Waals surface area contributed by atoms with Gasteiger partial charge in [0.1, 0.15) is 16.7 Å². The fourth-order valence-electron chi connectivity index (χ4n) is 5.02. The highest BCUT2D eigenvalue weighted by Crippen LogP contribution is 2.46. The standard InChI is InChI=1S/C28H29Cl2N5O3S/c1-2-38-22-11-16-39-26(22)27-32-24(18-3-7-20(29)8-4-18)25(19-5-9-21(30)10-6-19)35(27)28(37)34-14-12-33(13-15-34)17-23(31)36/h3-11,16,24-25H,2,12-15,17H2,1H3,(H2,31,36)/t24-,25+/m0/s1. The molecule has 3 amide bonds. The van der Waals surface area contributed by atoms with Gasteiger partial charge in [-0.15, -0.1) is 11.3 Å². The number of thiophene rings is 1. The number of nitrogens with two attached hydrogens (primary N) is 1. The zero-order chi connectivity index (χ0) is 27.5. The minimum absolute atomic E-state index is 0.153. The zero-order valence-corrected chi connectivity index (χ0v) is 23.8. The maximum Gasteiger partial charge on any atom is 0.326 e. The van der Waals surface area contributed by atoms with E-state index in [0.29, 0.717) is 54.4 Å². The topological polar surface area (TPSA) is 91.5 Å². The molecular weight excluding hydrogens is 557 g/mol. The molecule has 0 spiro atoms. The second-order valence-electron chi connectivity index (χ2n) is 9.37. The number of carbonyl (C=O) groups is 2. The van der Waals surface area contributed by atoms with Gasteiger partial charge in [-0.3, -0.25) is 19.6 Å². The fraction of sp³-hybridized carbons (Fsp3) is 0.321. The lowest BCUT2D eigenvalue weighted by Crippen LogP contribution is -2.55. The van der Waals surface area contributed by atoms with Gasteiger partial charge in [0.25, 0.3) is 0 Å². The SMILES string of the molecule is CCOc1ccsc1C1=N[C@@H](c2ccc(Cl)cc2)[C@@H](c2ccc(Cl)cc2)N1C(=O)N1CCN(CC(N)=O)CC1. The summed E-state index contributed by atoms with van der Waals surface area (Å²) in [6, 6.07) is 16.1. The molecule has 0 unspecified atom stereocenters. The number of amides is 3. The van der Waals surface area contributed by atoms with Gasteiger partial charge in [-0.25, -0.2) is 4.79 Å². The van der Waals surface area contributed by atoms with Crippen LogP contribution < -0.4 is 10.5 Å². The van der Waals surface area contributed by atoms with Crippen molar-refractivity contribution in [1.29, 1.82) is 0 Å². The normalized spacial score (nSPS) is 19.7. The van der Waals surface area contributed by atoms with Crippen LogP contribution in [0.25, 0.3) is 0 Å². The summed E-state index contributed by atoms with van der Waals surface area (Å²) < 4.78 is 5.92. The lowest BCUT2D eigenvalue weighted by atomic mass is 9.94. The highest BCUT2D eigenvalue weighted by atomic mass is 35.5. The fourth-order valence-corrected chi connectivity index (χ4v) is 6.10. The Balaban J connectivity index is 1.58. The minimum atomic E-state index is -0.425. The molecule has 3 aromatic rings. The van der Waals surface area contributed by atoms with Crippen LogP contribution in [0, 0.1) is 0 Å². The Labute approximate surface area is 241 Å². The number of benzene rings is 2. The summed E-state index contributed by atoms with van der Waals surface area (Å²) in [5, 5.41) is 3.19. The average molecular weight is 587 g/mol. The van der Waals surface area contributed by atoms with Crippen molar-refractivity contribution in [3.8, 4) is 5.75 Å². The number of hydrogen-bond acceptors (Lipinski definition) is 6. The highest BCUT2D eigenvalue weighted by Gasteiger charge is 2.45. The third kappa shape index (κ3) is 5.91. The first-order valence-corrected chi connectivity index (χ1v) is 14.4. The maximum absolute atomic E-state index is 14.4. The lowest BCUT2D eigenvalue weighted by Gasteiger charge is -2.38. The quantitative estimate of drug-likeness (QED) is 0.411. The van der Waals surface area contributed by atoms with Crippen LogP contribution in [0.4, 0.5) is 4.79 Å². The van der Waals surface area contributed by atoms with E-state index in [-0.39, 0.29) is 24.5 Å². The van der Waals surface area contributed by atoms with E-state index in [9.17, 15) is 9.59 Å². The molecule has 0 bridgehead atoms. The Morgan fingerprint density at radius 1 is 0.974 bits per heavy atom. The molecule has 0 aliphatic carbocycles. The smallest absolute Gasteiger partial charge is 0.326 e. The first kappa shape index (κ1) is 27.5. The van der Waals surface area contributed by atoms with Gasteiger partial charge in [-0.1, -0.05) is 47.5 Å². The monoisotopic (exact) mass is 585 g/mol. The third-order valence-electron chi connectivity index (χ3n) is 6.85. The van der Waals surface area contributed by atoms with Crippen molar-refractivity contribution < 1.29 is 14.3 Å². The van der Waals surface area contributed by atoms with Crippen molar-refractivity contribution in [2.24, 2.45) is 10.7 Å². The third-order valence-corrected chi connectivity index (χ3v) is 8.25. The molecule has 8 nitrogen and oxygen atoms in total. The molecule has 2 aromatic carbocycles. The number of urea groups is 1. The van der Waals surface area contributed by atoms with Gasteiger partial charge < -0.3 is 15.4 Å². The maximum atomic E-state index is 14.4. The number of aliphatic imine (C=N–C) groups is 1. The molecule has 2 atom stereocenters. The summed E-state index contributed by atoms with van der Waals surface area (Å²) in [5.74, 6) is 0.883. The number of nitrogens with zero attached hydrogens (tertiary/aromatic N) is 4. The van der Waals surface area contributed by atoms with Crippen LogP contribution in [0.2, 0.25) is 10.0 Å². The van der Waals surface area contributed by atoms with Crippen molar-refractivity contribution in [2.75, 3.05) is 39.3 Å². The van der Waals surface area contributed by atoms with Crippen LogP contribution in [0.15, 0.2) is 65.0 Å². The summed E-state index contributed by atoms with van der Waals surface area (Å²) in [5.41, 5.74) is 7.24. The number of piperazine rings is 1. The Hall–Kier alpha value is -3.11. The van der Waals surface area contributed by atoms with Crippen LogP contribution in [-0.4, -0.2) is 71.8 Å². The molecule has 2 N–H and O–H groups in total. The Morgan fingerprint density at radius 3 is 2.18 bits per heavy atom. The molecule has 5 rings (SSSR count). The zero-order valence-electron chi connectivity index (χ0n) is 21.4. The van der Waals surface area contributed by atoms with Crippen LogP contribution >= 0.6 is 34.5 Å². The van der Waals surface area contributed by atoms with Gasteiger partial charge in [-0.05, 0) is 53.8 Å². The molecule has 1 aromatic heterocycles. The summed E-state index contributed by atoms with van der Waals surface area (Å²) in [6.45, 7) is 4.66. The molecule has 0 saturated carbocycles. The van der Waals surface area contributed by atoms with E-state index < -0.39 is 6.04 Å². The first-order chi connectivity index (χ1) is 18.9. The largest absolute Gasteiger partial charge is 0.492 e. The number of rotatable bonds is 7. The van der Waals surface area contributed by atoms with E-state index in [1.807, 2.05) is 76.7 Å². The molecule has 39 heavy (non-hydrogen) atoms. The molecule has 11 heteroatoms. The predicted molar refractivity (Wildman–Crippen MR) is 155 cm³/mol. The van der Waals surface area contributed by atoms with Crippen molar-refractivity contribution in [3.05, 3.63) is 86.0 Å². The van der Waals surface area contributed by atoms with E-state index in [1.54, 1.807) is 4.90 Å². The molecule has 1 saturated heterocycles. The summed E-state index contributed by atoms with van der Waals surface area (Å²) in [7, 11) is 0. The number of hydrogen-bond donors (Lipinski definition) is 1. The highest BCUT2D eigenvalue weighted by molar-refractivity contribution is 7.12. The minimum Gasteiger partial charge on any atom is -0.492 e. The predicted octanol–water partition coefficient (Wildman–Crippen LogP) is 5.22. The van der Waals surface area contributed by atoms with E-state index in [1.165, 1.54) is 11.3 Å². The van der Waals surface area contributed by atoms with Crippen LogP contribution in [0.5, 0.6) is 5.75 Å². The summed E-state index contributed by atoms with van der Waals surface area (Å²) in [6.07, 6.45) is 0. The Kier molecular flexibility index (Phi) is 8.42. The van der Waals surface area contributed by atoms with Gasteiger partial charge in [0, 0.05) is 36.2 Å². The van der Waals surface area contributed by atoms with Gasteiger partial charge >= 0.3 is 6.03 Å². The number of amidine groups is 1. The summed E-state index contributed by atoms with van der Waals surface area (Å²) in [4.78, 5) is 37.3. The average Bonchev–Trinajstić information content (AvgIpc) is 3.54.